The Kier molecular flexibility index (Phi) is 7.23. The summed E-state index contributed by atoms with van der Waals surface area (Å²) in [6.07, 6.45) is 6.10. The van der Waals surface area contributed by atoms with Crippen LogP contribution in [-0.4, -0.2) is 43.4 Å². The highest BCUT2D eigenvalue weighted by atomic mass is 35.5. The van der Waals surface area contributed by atoms with E-state index in [1.807, 2.05) is 20.8 Å². The van der Waals surface area contributed by atoms with Gasteiger partial charge in [-0.15, -0.1) is 4.72 Å². The number of nitrogens with one attached hydrogen (secondary N) is 1. The summed E-state index contributed by atoms with van der Waals surface area (Å²) < 4.78 is 16.2. The van der Waals surface area contributed by atoms with E-state index in [9.17, 15) is 4.55 Å². The van der Waals surface area contributed by atoms with Crippen molar-refractivity contribution in [1.82, 2.24) is 19.7 Å². The Morgan fingerprint density at radius 2 is 1.86 bits per heavy atom. The van der Waals surface area contributed by atoms with Crippen molar-refractivity contribution in [3.05, 3.63) is 58.9 Å². The van der Waals surface area contributed by atoms with Crippen LogP contribution >= 0.6 is 23.4 Å². The van der Waals surface area contributed by atoms with Crippen LogP contribution in [0, 0.1) is 0 Å². The summed E-state index contributed by atoms with van der Waals surface area (Å²) in [6, 6.07) is 10.6. The zero-order valence-electron chi connectivity index (χ0n) is 21.2. The predicted molar refractivity (Wildman–Crippen MR) is 152 cm³/mol. The van der Waals surface area contributed by atoms with Crippen LogP contribution in [0.15, 0.2) is 52.6 Å². The van der Waals surface area contributed by atoms with Crippen molar-refractivity contribution in [2.45, 2.75) is 66.2 Å². The molecule has 37 heavy (non-hydrogen) atoms. The van der Waals surface area contributed by atoms with Crippen LogP contribution in [0.1, 0.15) is 44.7 Å². The number of piperidine rings is 1. The minimum atomic E-state index is -1.14. The molecule has 5 N–H and O–H groups in total. The number of hydrogen-bond acceptors (Lipinski definition) is 9. The lowest BCUT2D eigenvalue weighted by atomic mass is 9.71. The van der Waals surface area contributed by atoms with E-state index >= 15 is 0 Å². The van der Waals surface area contributed by atoms with Crippen LogP contribution < -0.4 is 21.1 Å². The normalized spacial score (nSPS) is 19.7. The van der Waals surface area contributed by atoms with E-state index in [-0.39, 0.29) is 22.0 Å². The smallest absolute Gasteiger partial charge is 0.158 e. The molecule has 3 heterocycles. The van der Waals surface area contributed by atoms with Crippen LogP contribution in [0.5, 0.6) is 0 Å². The van der Waals surface area contributed by atoms with Gasteiger partial charge in [0.15, 0.2) is 5.82 Å². The Hall–Kier alpha value is -2.24. The van der Waals surface area contributed by atoms with Crippen molar-refractivity contribution < 1.29 is 4.55 Å². The number of nitrogens with zero attached hydrogens (tertiary/aromatic N) is 4. The third kappa shape index (κ3) is 5.09. The summed E-state index contributed by atoms with van der Waals surface area (Å²) in [5.41, 5.74) is 14.8. The zero-order chi connectivity index (χ0) is 26.4. The third-order valence-electron chi connectivity index (χ3n) is 7.27. The standard InChI is InChI=1S/C26H32ClN7OS2/c1-25(2,3)37(35)33-19-14-16-6-4-5-7-17(16)26(19)9-12-34(13-10-26)20-15-31-24(23(29)32-20)36-18-8-11-30-22(28)21(18)27/h4-8,11,15,19,33H,9-10,12-14H2,1-3H3,(H2,28,30)(H2,29,32)/t19-,37-/m1/s1. The second kappa shape index (κ2) is 10.1. The molecule has 0 amide bonds. The minimum absolute atomic E-state index is 0.0687. The maximum atomic E-state index is 13.1. The second-order valence-electron chi connectivity index (χ2n) is 10.6. The fraction of sp³-hybridized carbons (Fsp3) is 0.423. The van der Waals surface area contributed by atoms with Gasteiger partial charge in [-0.3, -0.25) is 0 Å². The van der Waals surface area contributed by atoms with Crippen molar-refractivity contribution in [3.8, 4) is 0 Å². The Morgan fingerprint density at radius 1 is 1.14 bits per heavy atom. The van der Waals surface area contributed by atoms with Crippen LogP contribution in [-0.2, 0) is 23.2 Å². The number of halogens is 1. The van der Waals surface area contributed by atoms with Gasteiger partial charge in [0.2, 0.25) is 0 Å². The SMILES string of the molecule is CC(C)(C)[S@@+]([O-])N[C@@H]1Cc2ccccc2C12CCN(c1cnc(Sc3ccnc(N)c3Cl)c(N)n1)CC2. The number of hydrogen-bond donors (Lipinski definition) is 3. The van der Waals surface area contributed by atoms with E-state index in [1.54, 1.807) is 18.5 Å². The van der Waals surface area contributed by atoms with Gasteiger partial charge in [0.05, 0.1) is 17.3 Å². The molecule has 3 aromatic rings. The lowest BCUT2D eigenvalue weighted by molar-refractivity contribution is 0.276. The fourth-order valence-corrected chi connectivity index (χ4v) is 7.17. The van der Waals surface area contributed by atoms with Gasteiger partial charge in [-0.1, -0.05) is 47.6 Å². The fourth-order valence-electron chi connectivity index (χ4n) is 5.24. The van der Waals surface area contributed by atoms with Crippen LogP contribution in [0.4, 0.5) is 17.5 Å². The first-order valence-corrected chi connectivity index (χ1v) is 14.6. The summed E-state index contributed by atoms with van der Waals surface area (Å²) in [7, 11) is 0. The van der Waals surface area contributed by atoms with Crippen molar-refractivity contribution in [1.29, 1.82) is 0 Å². The Bertz CT molecular complexity index is 1290. The Labute approximate surface area is 230 Å². The monoisotopic (exact) mass is 557 g/mol. The quantitative estimate of drug-likeness (QED) is 0.392. The van der Waals surface area contributed by atoms with Gasteiger partial charge in [-0.05, 0) is 57.2 Å². The summed E-state index contributed by atoms with van der Waals surface area (Å²) >= 11 is 6.46. The van der Waals surface area contributed by atoms with Gasteiger partial charge in [0.1, 0.15) is 21.4 Å². The molecule has 1 saturated heterocycles. The average Bonchev–Trinajstić information content (AvgIpc) is 3.15. The largest absolute Gasteiger partial charge is 0.598 e. The zero-order valence-corrected chi connectivity index (χ0v) is 23.6. The van der Waals surface area contributed by atoms with Gasteiger partial charge < -0.3 is 20.9 Å². The number of fused-ring (bicyclic) bond motifs is 2. The molecule has 0 unspecified atom stereocenters. The maximum Gasteiger partial charge on any atom is 0.158 e. The molecule has 11 heteroatoms. The summed E-state index contributed by atoms with van der Waals surface area (Å²) in [5.74, 6) is 1.37. The van der Waals surface area contributed by atoms with Gasteiger partial charge in [0, 0.05) is 41.0 Å². The highest BCUT2D eigenvalue weighted by Gasteiger charge is 2.51. The topological polar surface area (TPSA) is 129 Å². The van der Waals surface area contributed by atoms with Gasteiger partial charge >= 0.3 is 0 Å². The maximum absolute atomic E-state index is 13.1. The first-order valence-electron chi connectivity index (χ1n) is 12.3. The van der Waals surface area contributed by atoms with E-state index in [0.29, 0.717) is 15.9 Å². The molecule has 1 aromatic carbocycles. The molecule has 1 fully saturated rings. The molecule has 5 rings (SSSR count). The molecule has 1 aliphatic heterocycles. The molecular formula is C26H32ClN7OS2. The predicted octanol–water partition coefficient (Wildman–Crippen LogP) is 4.36. The highest BCUT2D eigenvalue weighted by molar-refractivity contribution is 7.99. The number of rotatable bonds is 5. The summed E-state index contributed by atoms with van der Waals surface area (Å²) in [5, 5.41) is 0.954. The summed E-state index contributed by atoms with van der Waals surface area (Å²) in [6.45, 7) is 7.65. The molecule has 0 radical (unpaired) electrons. The van der Waals surface area contributed by atoms with E-state index in [1.165, 1.54) is 22.9 Å². The molecule has 0 bridgehead atoms. The Morgan fingerprint density at radius 3 is 2.57 bits per heavy atom. The number of benzene rings is 1. The second-order valence-corrected chi connectivity index (χ2v) is 14.0. The number of pyridine rings is 1. The lowest BCUT2D eigenvalue weighted by Gasteiger charge is -2.44. The number of anilines is 3. The molecule has 8 nitrogen and oxygen atoms in total. The van der Waals surface area contributed by atoms with E-state index in [2.05, 4.69) is 48.8 Å². The number of nitrogens with two attached hydrogens (primary N) is 2. The third-order valence-corrected chi connectivity index (χ3v) is 10.5. The molecule has 2 aromatic heterocycles. The van der Waals surface area contributed by atoms with E-state index in [4.69, 9.17) is 23.1 Å². The highest BCUT2D eigenvalue weighted by Crippen LogP contribution is 2.47. The number of nitrogen functional groups attached to an aromatic ring is 2. The minimum Gasteiger partial charge on any atom is -0.598 e. The molecule has 2 aliphatic rings. The van der Waals surface area contributed by atoms with Crippen LogP contribution in [0.25, 0.3) is 0 Å². The van der Waals surface area contributed by atoms with E-state index in [0.717, 1.165) is 43.1 Å². The van der Waals surface area contributed by atoms with Gasteiger partial charge in [-0.25, -0.2) is 15.0 Å². The van der Waals surface area contributed by atoms with Crippen molar-refractivity contribution in [2.24, 2.45) is 0 Å². The molecule has 0 saturated carbocycles. The lowest BCUT2D eigenvalue weighted by Crippen LogP contribution is -2.56. The molecule has 1 spiro atoms. The Balaban J connectivity index is 1.34. The van der Waals surface area contributed by atoms with Crippen molar-refractivity contribution in [2.75, 3.05) is 29.5 Å². The van der Waals surface area contributed by atoms with Crippen LogP contribution in [0.2, 0.25) is 5.02 Å². The van der Waals surface area contributed by atoms with Crippen molar-refractivity contribution in [3.63, 3.8) is 0 Å². The van der Waals surface area contributed by atoms with Crippen LogP contribution in [0.3, 0.4) is 0 Å². The molecule has 1 aliphatic carbocycles. The average molecular weight is 558 g/mol. The molecular weight excluding hydrogens is 526 g/mol. The van der Waals surface area contributed by atoms with Crippen molar-refractivity contribution >= 4 is 52.2 Å². The first kappa shape index (κ1) is 26.4. The molecule has 2 atom stereocenters. The number of aromatic nitrogens is 3. The van der Waals surface area contributed by atoms with Gasteiger partial charge in [0.25, 0.3) is 0 Å². The first-order chi connectivity index (χ1) is 17.6. The molecule has 196 valence electrons. The summed E-state index contributed by atoms with van der Waals surface area (Å²) in [4.78, 5) is 16.2. The van der Waals surface area contributed by atoms with E-state index < -0.39 is 11.4 Å². The van der Waals surface area contributed by atoms with Gasteiger partial charge in [-0.2, -0.15) is 0 Å².